The van der Waals surface area contributed by atoms with E-state index in [1.54, 1.807) is 37.3 Å². The molecule has 32 heavy (non-hydrogen) atoms. The van der Waals surface area contributed by atoms with E-state index in [-0.39, 0.29) is 11.5 Å². The fourth-order valence-corrected chi connectivity index (χ4v) is 3.40. The first-order valence-electron chi connectivity index (χ1n) is 10.6. The van der Waals surface area contributed by atoms with Gasteiger partial charge >= 0.3 is 5.97 Å². The Morgan fingerprint density at radius 1 is 1.03 bits per heavy atom. The first kappa shape index (κ1) is 22.9. The number of nitrogens with one attached hydrogen (secondary N) is 1. The highest BCUT2D eigenvalue weighted by atomic mass is 16.5. The third-order valence-electron chi connectivity index (χ3n) is 5.14. The molecule has 1 N–H and O–H groups in total. The topological polar surface area (TPSA) is 90.3 Å². The van der Waals surface area contributed by atoms with Gasteiger partial charge in [0.1, 0.15) is 6.04 Å². The highest BCUT2D eigenvalue weighted by Crippen LogP contribution is 2.23. The van der Waals surface area contributed by atoms with Crippen LogP contribution in [0.3, 0.4) is 0 Å². The van der Waals surface area contributed by atoms with Gasteiger partial charge in [0, 0.05) is 17.3 Å². The first-order chi connectivity index (χ1) is 15.3. The van der Waals surface area contributed by atoms with Crippen LogP contribution < -0.4 is 10.9 Å². The maximum absolute atomic E-state index is 13.0. The SMILES string of the molecule is CCOC(=O)c1ccc(NC(=O)[C@@H](CC)n2nc(-c3cc(C)ccc3C)ccc2=O)cc1. The summed E-state index contributed by atoms with van der Waals surface area (Å²) in [5.74, 6) is -0.778. The number of benzene rings is 2. The summed E-state index contributed by atoms with van der Waals surface area (Å²) < 4.78 is 6.20. The van der Waals surface area contributed by atoms with Crippen molar-refractivity contribution in [3.8, 4) is 11.3 Å². The number of ether oxygens (including phenoxy) is 1. The maximum Gasteiger partial charge on any atom is 0.338 e. The van der Waals surface area contributed by atoms with Crippen molar-refractivity contribution in [3.05, 3.63) is 81.6 Å². The molecule has 3 aromatic rings. The number of aromatic nitrogens is 2. The van der Waals surface area contributed by atoms with Crippen LogP contribution in [0.25, 0.3) is 11.3 Å². The molecule has 0 radical (unpaired) electrons. The van der Waals surface area contributed by atoms with Crippen LogP contribution in [0.2, 0.25) is 0 Å². The molecule has 0 fully saturated rings. The van der Waals surface area contributed by atoms with Gasteiger partial charge in [-0.3, -0.25) is 9.59 Å². The van der Waals surface area contributed by atoms with Gasteiger partial charge in [0.25, 0.3) is 5.56 Å². The van der Waals surface area contributed by atoms with Crippen molar-refractivity contribution < 1.29 is 14.3 Å². The summed E-state index contributed by atoms with van der Waals surface area (Å²) in [4.78, 5) is 37.3. The van der Waals surface area contributed by atoms with E-state index in [9.17, 15) is 14.4 Å². The Balaban J connectivity index is 1.86. The molecule has 1 heterocycles. The normalized spacial score (nSPS) is 11.6. The predicted octanol–water partition coefficient (Wildman–Crippen LogP) is 4.29. The minimum Gasteiger partial charge on any atom is -0.462 e. The standard InChI is InChI=1S/C25H27N3O4/c1-5-22(24(30)26-19-11-9-18(10-12-19)25(31)32-6-2)28-23(29)14-13-21(27-28)20-15-16(3)7-8-17(20)4/h7-15,22H,5-6H2,1-4H3,(H,26,30)/t22-/m1/s1. The fourth-order valence-electron chi connectivity index (χ4n) is 3.40. The van der Waals surface area contributed by atoms with Crippen molar-refractivity contribution in [2.75, 3.05) is 11.9 Å². The molecule has 0 spiro atoms. The Labute approximate surface area is 187 Å². The van der Waals surface area contributed by atoms with Gasteiger partial charge in [-0.1, -0.05) is 24.6 Å². The van der Waals surface area contributed by atoms with E-state index in [2.05, 4.69) is 10.4 Å². The lowest BCUT2D eigenvalue weighted by Gasteiger charge is -2.18. The number of carbonyl (C=O) groups is 2. The van der Waals surface area contributed by atoms with E-state index >= 15 is 0 Å². The largest absolute Gasteiger partial charge is 0.462 e. The van der Waals surface area contributed by atoms with Crippen LogP contribution in [-0.2, 0) is 9.53 Å². The predicted molar refractivity (Wildman–Crippen MR) is 124 cm³/mol. The molecule has 0 aliphatic carbocycles. The monoisotopic (exact) mass is 433 g/mol. The fraction of sp³-hybridized carbons (Fsp3) is 0.280. The summed E-state index contributed by atoms with van der Waals surface area (Å²) in [6.07, 6.45) is 0.385. The maximum atomic E-state index is 13.0. The Morgan fingerprint density at radius 2 is 1.75 bits per heavy atom. The van der Waals surface area contributed by atoms with Gasteiger partial charge in [0.05, 0.1) is 17.9 Å². The average molecular weight is 434 g/mol. The second-order valence-electron chi connectivity index (χ2n) is 7.53. The molecule has 0 saturated heterocycles. The molecule has 0 aliphatic rings. The summed E-state index contributed by atoms with van der Waals surface area (Å²) in [6.45, 7) is 7.83. The van der Waals surface area contributed by atoms with Crippen molar-refractivity contribution in [2.24, 2.45) is 0 Å². The summed E-state index contributed by atoms with van der Waals surface area (Å²) in [5.41, 5.74) is 4.24. The number of rotatable bonds is 7. The molecule has 3 rings (SSSR count). The second-order valence-corrected chi connectivity index (χ2v) is 7.53. The van der Waals surface area contributed by atoms with Crippen molar-refractivity contribution in [1.29, 1.82) is 0 Å². The van der Waals surface area contributed by atoms with E-state index in [0.717, 1.165) is 16.7 Å². The summed E-state index contributed by atoms with van der Waals surface area (Å²) in [5, 5.41) is 7.32. The number of carbonyl (C=O) groups excluding carboxylic acids is 2. The zero-order valence-corrected chi connectivity index (χ0v) is 18.7. The minimum absolute atomic E-state index is 0.290. The smallest absolute Gasteiger partial charge is 0.338 e. The van der Waals surface area contributed by atoms with Crippen molar-refractivity contribution in [3.63, 3.8) is 0 Å². The molecule has 1 aromatic heterocycles. The molecule has 1 atom stereocenters. The van der Waals surface area contributed by atoms with Gasteiger partial charge in [0.15, 0.2) is 0 Å². The average Bonchev–Trinajstić information content (AvgIpc) is 2.78. The lowest BCUT2D eigenvalue weighted by atomic mass is 10.0. The number of nitrogens with zero attached hydrogens (tertiary/aromatic N) is 2. The summed E-state index contributed by atoms with van der Waals surface area (Å²) >= 11 is 0. The van der Waals surface area contributed by atoms with Crippen LogP contribution in [0.15, 0.2) is 59.4 Å². The number of hydrogen-bond donors (Lipinski definition) is 1. The molecule has 0 unspecified atom stereocenters. The van der Waals surface area contributed by atoms with Gasteiger partial charge in [-0.15, -0.1) is 0 Å². The quantitative estimate of drug-likeness (QED) is 0.561. The van der Waals surface area contributed by atoms with Crippen LogP contribution in [0.1, 0.15) is 47.8 Å². The Hall–Kier alpha value is -3.74. The van der Waals surface area contributed by atoms with E-state index in [1.807, 2.05) is 39.0 Å². The summed E-state index contributed by atoms with van der Waals surface area (Å²) in [6, 6.07) is 14.8. The summed E-state index contributed by atoms with van der Waals surface area (Å²) in [7, 11) is 0. The number of anilines is 1. The van der Waals surface area contributed by atoms with Gasteiger partial charge in [-0.2, -0.15) is 5.10 Å². The molecule has 7 nitrogen and oxygen atoms in total. The van der Waals surface area contributed by atoms with E-state index < -0.39 is 12.0 Å². The van der Waals surface area contributed by atoms with Crippen LogP contribution in [0, 0.1) is 13.8 Å². The minimum atomic E-state index is -0.780. The first-order valence-corrected chi connectivity index (χ1v) is 10.6. The number of aryl methyl sites for hydroxylation is 2. The van der Waals surface area contributed by atoms with Gasteiger partial charge in [-0.05, 0) is 69.2 Å². The molecular weight excluding hydrogens is 406 g/mol. The van der Waals surface area contributed by atoms with Gasteiger partial charge < -0.3 is 10.1 Å². The van der Waals surface area contributed by atoms with Gasteiger partial charge in [0.2, 0.25) is 5.91 Å². The van der Waals surface area contributed by atoms with E-state index in [0.29, 0.717) is 30.0 Å². The van der Waals surface area contributed by atoms with Crippen LogP contribution >= 0.6 is 0 Å². The Bertz CT molecular complexity index is 1180. The lowest BCUT2D eigenvalue weighted by molar-refractivity contribution is -0.119. The molecule has 166 valence electrons. The number of amides is 1. The molecule has 0 aliphatic heterocycles. The van der Waals surface area contributed by atoms with Crippen LogP contribution in [0.4, 0.5) is 5.69 Å². The second kappa shape index (κ2) is 10.0. The highest BCUT2D eigenvalue weighted by molar-refractivity contribution is 5.95. The zero-order chi connectivity index (χ0) is 23.3. The zero-order valence-electron chi connectivity index (χ0n) is 18.7. The lowest BCUT2D eigenvalue weighted by Crippen LogP contribution is -2.34. The third-order valence-corrected chi connectivity index (χ3v) is 5.14. The molecular formula is C25H27N3O4. The van der Waals surface area contributed by atoms with Crippen molar-refractivity contribution >= 4 is 17.6 Å². The Morgan fingerprint density at radius 3 is 2.41 bits per heavy atom. The molecule has 2 aromatic carbocycles. The van der Waals surface area contributed by atoms with E-state index in [1.165, 1.54) is 10.7 Å². The number of esters is 1. The number of hydrogen-bond acceptors (Lipinski definition) is 5. The Kier molecular flexibility index (Phi) is 7.20. The molecule has 0 saturated carbocycles. The van der Waals surface area contributed by atoms with Crippen LogP contribution in [0.5, 0.6) is 0 Å². The molecule has 7 heteroatoms. The molecule has 1 amide bonds. The van der Waals surface area contributed by atoms with Crippen molar-refractivity contribution in [1.82, 2.24) is 9.78 Å². The van der Waals surface area contributed by atoms with Crippen LogP contribution in [-0.4, -0.2) is 28.3 Å². The van der Waals surface area contributed by atoms with Gasteiger partial charge in [-0.25, -0.2) is 9.48 Å². The molecule has 0 bridgehead atoms. The van der Waals surface area contributed by atoms with E-state index in [4.69, 9.17) is 4.74 Å². The van der Waals surface area contributed by atoms with Crippen molar-refractivity contribution in [2.45, 2.75) is 40.2 Å². The third kappa shape index (κ3) is 5.11. The highest BCUT2D eigenvalue weighted by Gasteiger charge is 2.22.